The minimum absolute atomic E-state index is 0.324. The Balaban J connectivity index is 2.06. The number of benzene rings is 2. The van der Waals surface area contributed by atoms with Gasteiger partial charge in [0.15, 0.2) is 0 Å². The first-order chi connectivity index (χ1) is 10.2. The van der Waals surface area contributed by atoms with Crippen LogP contribution in [0, 0.1) is 0 Å². The van der Waals surface area contributed by atoms with Gasteiger partial charge in [-0.05, 0) is 30.3 Å². The highest BCUT2D eigenvalue weighted by atomic mass is 79.9. The molecule has 0 unspecified atom stereocenters. The molecule has 0 radical (unpaired) electrons. The van der Waals surface area contributed by atoms with Gasteiger partial charge in [0.2, 0.25) is 0 Å². The topological polar surface area (TPSA) is 46.0 Å². The fourth-order valence-corrected chi connectivity index (χ4v) is 2.93. The molecule has 1 N–H and O–H groups in total. The average molecular weight is 340 g/mol. The summed E-state index contributed by atoms with van der Waals surface area (Å²) in [4.78, 5) is 15.5. The smallest absolute Gasteiger partial charge is 0.344 e. The molecule has 4 heteroatoms. The van der Waals surface area contributed by atoms with Gasteiger partial charge in [-0.3, -0.25) is 0 Å². The molecule has 0 atom stereocenters. The highest BCUT2D eigenvalue weighted by Crippen LogP contribution is 2.30. The number of rotatable bonds is 1. The Morgan fingerprint density at radius 1 is 1.00 bits per heavy atom. The van der Waals surface area contributed by atoms with Crippen LogP contribution in [0.4, 0.5) is 0 Å². The summed E-state index contributed by atoms with van der Waals surface area (Å²) in [5.74, 6) is 0. The number of aromatic amines is 1. The number of fused-ring (bicyclic) bond motifs is 2. The summed E-state index contributed by atoms with van der Waals surface area (Å²) in [6.45, 7) is 0. The van der Waals surface area contributed by atoms with E-state index in [0.29, 0.717) is 11.1 Å². The second kappa shape index (κ2) is 4.60. The van der Waals surface area contributed by atoms with Crippen molar-refractivity contribution in [3.8, 4) is 11.1 Å². The Labute approximate surface area is 128 Å². The number of aromatic nitrogens is 1. The molecule has 0 spiro atoms. The van der Waals surface area contributed by atoms with Gasteiger partial charge in [0.25, 0.3) is 0 Å². The molecule has 0 bridgehead atoms. The Morgan fingerprint density at radius 3 is 2.76 bits per heavy atom. The third kappa shape index (κ3) is 1.99. The Morgan fingerprint density at radius 2 is 1.86 bits per heavy atom. The highest BCUT2D eigenvalue weighted by Gasteiger charge is 2.12. The monoisotopic (exact) mass is 339 g/mol. The lowest BCUT2D eigenvalue weighted by Gasteiger charge is -2.01. The minimum atomic E-state index is -0.324. The van der Waals surface area contributed by atoms with Crippen LogP contribution in [-0.4, -0.2) is 4.98 Å². The molecule has 0 amide bonds. The van der Waals surface area contributed by atoms with Crippen LogP contribution in [0.25, 0.3) is 33.0 Å². The van der Waals surface area contributed by atoms with Crippen molar-refractivity contribution in [2.75, 3.05) is 0 Å². The molecule has 0 fully saturated rings. The lowest BCUT2D eigenvalue weighted by molar-refractivity contribution is 0.563. The Kier molecular flexibility index (Phi) is 2.72. The summed E-state index contributed by atoms with van der Waals surface area (Å²) in [5.41, 5.74) is 2.69. The molecule has 2 aromatic carbocycles. The van der Waals surface area contributed by atoms with E-state index in [1.807, 2.05) is 48.7 Å². The van der Waals surface area contributed by atoms with Crippen molar-refractivity contribution in [2.45, 2.75) is 0 Å². The summed E-state index contributed by atoms with van der Waals surface area (Å²) < 4.78 is 6.39. The molecule has 21 heavy (non-hydrogen) atoms. The number of nitrogens with one attached hydrogen (secondary N) is 1. The molecule has 0 aliphatic rings. The number of hydrogen-bond donors (Lipinski definition) is 1. The summed E-state index contributed by atoms with van der Waals surface area (Å²) in [5, 5.41) is 1.91. The third-order valence-electron chi connectivity index (χ3n) is 3.58. The zero-order valence-corrected chi connectivity index (χ0v) is 12.5. The average Bonchev–Trinajstić information content (AvgIpc) is 2.89. The van der Waals surface area contributed by atoms with Crippen molar-refractivity contribution in [3.63, 3.8) is 0 Å². The van der Waals surface area contributed by atoms with Gasteiger partial charge in [0.1, 0.15) is 5.58 Å². The van der Waals surface area contributed by atoms with Gasteiger partial charge < -0.3 is 9.40 Å². The zero-order valence-electron chi connectivity index (χ0n) is 10.9. The first-order valence-electron chi connectivity index (χ1n) is 6.52. The van der Waals surface area contributed by atoms with Crippen LogP contribution >= 0.6 is 15.9 Å². The minimum Gasteiger partial charge on any atom is -0.422 e. The van der Waals surface area contributed by atoms with Crippen LogP contribution in [0.15, 0.2) is 68.4 Å². The van der Waals surface area contributed by atoms with E-state index < -0.39 is 0 Å². The van der Waals surface area contributed by atoms with Crippen LogP contribution in [0.3, 0.4) is 0 Å². The first-order valence-corrected chi connectivity index (χ1v) is 7.31. The van der Waals surface area contributed by atoms with E-state index in [-0.39, 0.29) is 5.63 Å². The van der Waals surface area contributed by atoms with Crippen molar-refractivity contribution in [3.05, 3.63) is 69.6 Å². The van der Waals surface area contributed by atoms with E-state index >= 15 is 0 Å². The third-order valence-corrected chi connectivity index (χ3v) is 4.07. The second-order valence-corrected chi connectivity index (χ2v) is 5.79. The van der Waals surface area contributed by atoms with Gasteiger partial charge in [0, 0.05) is 32.5 Å². The maximum Gasteiger partial charge on any atom is 0.344 e. The van der Waals surface area contributed by atoms with Gasteiger partial charge in [0.05, 0.1) is 5.56 Å². The normalized spacial score (nSPS) is 11.3. The second-order valence-electron chi connectivity index (χ2n) is 4.88. The Hall–Kier alpha value is -2.33. The molecule has 0 aliphatic heterocycles. The summed E-state index contributed by atoms with van der Waals surface area (Å²) in [6, 6.07) is 15.3. The van der Waals surface area contributed by atoms with Crippen LogP contribution in [0.2, 0.25) is 0 Å². The highest BCUT2D eigenvalue weighted by molar-refractivity contribution is 9.10. The fraction of sp³-hybridized carbons (Fsp3) is 0. The van der Waals surface area contributed by atoms with Crippen molar-refractivity contribution in [2.24, 2.45) is 0 Å². The van der Waals surface area contributed by atoms with Gasteiger partial charge >= 0.3 is 5.63 Å². The molecule has 4 rings (SSSR count). The number of hydrogen-bond acceptors (Lipinski definition) is 2. The summed E-state index contributed by atoms with van der Waals surface area (Å²) in [7, 11) is 0. The van der Waals surface area contributed by atoms with Crippen LogP contribution in [0.1, 0.15) is 0 Å². The van der Waals surface area contributed by atoms with Gasteiger partial charge in [-0.2, -0.15) is 0 Å². The number of para-hydroxylation sites is 1. The SMILES string of the molecule is O=c1oc2ccccc2cc1-c1c[nH]c2ccc(Br)cc12. The van der Waals surface area contributed by atoms with Crippen molar-refractivity contribution in [1.29, 1.82) is 0 Å². The maximum atomic E-state index is 12.3. The predicted octanol–water partition coefficient (Wildman–Crippen LogP) is 4.70. The van der Waals surface area contributed by atoms with Crippen LogP contribution in [-0.2, 0) is 0 Å². The van der Waals surface area contributed by atoms with Crippen molar-refractivity contribution in [1.82, 2.24) is 4.98 Å². The lowest BCUT2D eigenvalue weighted by Crippen LogP contribution is -2.02. The molecule has 3 nitrogen and oxygen atoms in total. The van der Waals surface area contributed by atoms with Gasteiger partial charge in [-0.1, -0.05) is 34.1 Å². The quantitative estimate of drug-likeness (QED) is 0.510. The summed E-state index contributed by atoms with van der Waals surface area (Å²) in [6.07, 6.45) is 1.85. The van der Waals surface area contributed by atoms with Gasteiger partial charge in [-0.25, -0.2) is 4.79 Å². The first kappa shape index (κ1) is 12.4. The Bertz CT molecular complexity index is 1030. The largest absolute Gasteiger partial charge is 0.422 e. The van der Waals surface area contributed by atoms with E-state index in [0.717, 1.165) is 26.3 Å². The molecule has 0 saturated carbocycles. The standard InChI is InChI=1S/C17H10BrNO2/c18-11-5-6-15-12(8-11)14(9-19-15)13-7-10-3-1-2-4-16(10)21-17(13)20/h1-9,19H. The molecular weight excluding hydrogens is 330 g/mol. The molecule has 0 saturated heterocycles. The van der Waals surface area contributed by atoms with Crippen LogP contribution in [0.5, 0.6) is 0 Å². The fourth-order valence-electron chi connectivity index (χ4n) is 2.57. The maximum absolute atomic E-state index is 12.3. The predicted molar refractivity (Wildman–Crippen MR) is 87.5 cm³/mol. The van der Waals surface area contributed by atoms with E-state index in [9.17, 15) is 4.79 Å². The molecule has 102 valence electrons. The molecule has 2 aromatic heterocycles. The molecular formula is C17H10BrNO2. The van der Waals surface area contributed by atoms with Crippen molar-refractivity contribution < 1.29 is 4.42 Å². The summed E-state index contributed by atoms with van der Waals surface area (Å²) >= 11 is 3.47. The number of halogens is 1. The van der Waals surface area contributed by atoms with E-state index in [4.69, 9.17) is 4.42 Å². The van der Waals surface area contributed by atoms with Crippen molar-refractivity contribution >= 4 is 37.8 Å². The van der Waals surface area contributed by atoms with E-state index in [1.54, 1.807) is 6.07 Å². The van der Waals surface area contributed by atoms with Crippen LogP contribution < -0.4 is 5.63 Å². The number of H-pyrrole nitrogens is 1. The van der Waals surface area contributed by atoms with Gasteiger partial charge in [-0.15, -0.1) is 0 Å². The lowest BCUT2D eigenvalue weighted by atomic mass is 10.1. The molecule has 0 aliphatic carbocycles. The molecule has 4 aromatic rings. The van der Waals surface area contributed by atoms with E-state index in [2.05, 4.69) is 20.9 Å². The van der Waals surface area contributed by atoms with E-state index in [1.165, 1.54) is 0 Å². The molecule has 2 heterocycles. The zero-order chi connectivity index (χ0) is 14.4.